The average Bonchev–Trinajstić information content (AvgIpc) is 2.68. The minimum Gasteiger partial charge on any atom is -0.508 e. The number of piperazine rings is 1. The Labute approximate surface area is 161 Å². The highest BCUT2D eigenvalue weighted by molar-refractivity contribution is 5.48. The quantitative estimate of drug-likeness (QED) is 0.786. The molecule has 1 aliphatic heterocycles. The molecule has 0 bridgehead atoms. The van der Waals surface area contributed by atoms with Crippen LogP contribution in [0.5, 0.6) is 11.5 Å². The van der Waals surface area contributed by atoms with E-state index in [2.05, 4.69) is 4.90 Å². The maximum atomic E-state index is 12.7. The normalized spacial score (nSPS) is 16.8. The molecule has 8 heteroatoms. The molecule has 0 unspecified atom stereocenters. The molecule has 1 aliphatic rings. The molecule has 2 N–H and O–H groups in total. The predicted octanol–water partition coefficient (Wildman–Crippen LogP) is 2.97. The Morgan fingerprint density at radius 2 is 1.54 bits per heavy atom. The van der Waals surface area contributed by atoms with E-state index in [4.69, 9.17) is 4.74 Å². The van der Waals surface area contributed by atoms with Gasteiger partial charge in [-0.3, -0.25) is 4.90 Å². The summed E-state index contributed by atoms with van der Waals surface area (Å²) in [6.07, 6.45) is -4.98. The van der Waals surface area contributed by atoms with E-state index in [9.17, 15) is 23.4 Å². The highest BCUT2D eigenvalue weighted by Gasteiger charge is 2.30. The van der Waals surface area contributed by atoms with Gasteiger partial charge in [-0.2, -0.15) is 13.2 Å². The van der Waals surface area contributed by atoms with Gasteiger partial charge in [0.2, 0.25) is 0 Å². The molecule has 0 amide bonds. The van der Waals surface area contributed by atoms with Gasteiger partial charge < -0.3 is 19.8 Å². The number of aromatic hydroxyl groups is 1. The fourth-order valence-corrected chi connectivity index (χ4v) is 3.14. The first-order valence-corrected chi connectivity index (χ1v) is 9.06. The van der Waals surface area contributed by atoms with Crippen LogP contribution in [0.15, 0.2) is 48.5 Å². The molecule has 0 aromatic heterocycles. The largest absolute Gasteiger partial charge is 0.508 e. The predicted molar refractivity (Wildman–Crippen MR) is 99.7 cm³/mol. The zero-order chi connectivity index (χ0) is 20.1. The van der Waals surface area contributed by atoms with E-state index in [0.717, 1.165) is 17.8 Å². The van der Waals surface area contributed by atoms with Crippen molar-refractivity contribution in [2.75, 3.05) is 44.2 Å². The highest BCUT2D eigenvalue weighted by Crippen LogP contribution is 2.30. The fourth-order valence-electron chi connectivity index (χ4n) is 3.14. The summed E-state index contributed by atoms with van der Waals surface area (Å²) in [5.74, 6) is 0.725. The number of halogens is 3. The molecule has 0 saturated carbocycles. The highest BCUT2D eigenvalue weighted by atomic mass is 19.4. The maximum absolute atomic E-state index is 12.7. The van der Waals surface area contributed by atoms with Gasteiger partial charge in [-0.15, -0.1) is 0 Å². The standard InChI is InChI=1S/C20H23F3N2O3/c21-20(22,23)15-1-3-16(4-2-15)25-11-9-24(10-12-25)13-18(27)14-28-19-7-5-17(26)6-8-19/h1-8,18,26-27H,9-14H2/t18-/m0/s1. The smallest absolute Gasteiger partial charge is 0.416 e. The van der Waals surface area contributed by atoms with Gasteiger partial charge in [-0.1, -0.05) is 0 Å². The van der Waals surface area contributed by atoms with Crippen molar-refractivity contribution in [3.8, 4) is 11.5 Å². The number of ether oxygens (including phenoxy) is 1. The number of hydrogen-bond donors (Lipinski definition) is 2. The number of rotatable bonds is 6. The van der Waals surface area contributed by atoms with Gasteiger partial charge in [-0.25, -0.2) is 0 Å². The van der Waals surface area contributed by atoms with Crippen LogP contribution in [0.1, 0.15) is 5.56 Å². The first-order chi connectivity index (χ1) is 13.3. The molecule has 5 nitrogen and oxygen atoms in total. The first-order valence-electron chi connectivity index (χ1n) is 9.06. The lowest BCUT2D eigenvalue weighted by molar-refractivity contribution is -0.137. The third-order valence-corrected chi connectivity index (χ3v) is 4.68. The van der Waals surface area contributed by atoms with Crippen molar-refractivity contribution in [1.29, 1.82) is 0 Å². The molecule has 1 atom stereocenters. The second-order valence-electron chi connectivity index (χ2n) is 6.79. The van der Waals surface area contributed by atoms with E-state index < -0.39 is 17.8 Å². The Balaban J connectivity index is 1.42. The number of aliphatic hydroxyl groups excluding tert-OH is 1. The first kappa shape index (κ1) is 20.3. The molecule has 0 spiro atoms. The molecule has 1 fully saturated rings. The Kier molecular flexibility index (Phi) is 6.31. The second kappa shape index (κ2) is 8.70. The van der Waals surface area contributed by atoms with E-state index in [1.54, 1.807) is 12.1 Å². The molecule has 0 radical (unpaired) electrons. The zero-order valence-electron chi connectivity index (χ0n) is 15.3. The van der Waals surface area contributed by atoms with Gasteiger partial charge in [0.15, 0.2) is 0 Å². The summed E-state index contributed by atoms with van der Waals surface area (Å²) in [7, 11) is 0. The maximum Gasteiger partial charge on any atom is 0.416 e. The van der Waals surface area contributed by atoms with E-state index >= 15 is 0 Å². The summed E-state index contributed by atoms with van der Waals surface area (Å²) in [5, 5.41) is 19.4. The lowest BCUT2D eigenvalue weighted by Crippen LogP contribution is -2.49. The van der Waals surface area contributed by atoms with Gasteiger partial charge in [0.25, 0.3) is 0 Å². The van der Waals surface area contributed by atoms with Gasteiger partial charge in [0.1, 0.15) is 24.2 Å². The lowest BCUT2D eigenvalue weighted by Gasteiger charge is -2.37. The van der Waals surface area contributed by atoms with E-state index in [-0.39, 0.29) is 12.4 Å². The molecular formula is C20H23F3N2O3. The second-order valence-corrected chi connectivity index (χ2v) is 6.79. The Bertz CT molecular complexity index is 743. The Morgan fingerprint density at radius 1 is 0.929 bits per heavy atom. The van der Waals surface area contributed by atoms with Crippen molar-refractivity contribution in [1.82, 2.24) is 4.90 Å². The summed E-state index contributed by atoms with van der Waals surface area (Å²) >= 11 is 0. The number of benzene rings is 2. The number of phenolic OH excluding ortho intramolecular Hbond substituents is 1. The number of alkyl halides is 3. The van der Waals surface area contributed by atoms with Gasteiger partial charge in [-0.05, 0) is 48.5 Å². The van der Waals surface area contributed by atoms with Crippen LogP contribution in [0.4, 0.5) is 18.9 Å². The SMILES string of the molecule is Oc1ccc(OC[C@@H](O)CN2CCN(c3ccc(C(F)(F)F)cc3)CC2)cc1. The van der Waals surface area contributed by atoms with Crippen molar-refractivity contribution in [2.24, 2.45) is 0 Å². The van der Waals surface area contributed by atoms with Crippen LogP contribution in [-0.4, -0.2) is 60.5 Å². The topological polar surface area (TPSA) is 56.2 Å². The van der Waals surface area contributed by atoms with Crippen LogP contribution < -0.4 is 9.64 Å². The number of nitrogens with zero attached hydrogens (tertiary/aromatic N) is 2. The van der Waals surface area contributed by atoms with Gasteiger partial charge >= 0.3 is 6.18 Å². The van der Waals surface area contributed by atoms with Crippen LogP contribution in [0.2, 0.25) is 0 Å². The molecule has 0 aliphatic carbocycles. The Morgan fingerprint density at radius 3 is 2.11 bits per heavy atom. The summed E-state index contributed by atoms with van der Waals surface area (Å²) in [4.78, 5) is 4.14. The summed E-state index contributed by atoms with van der Waals surface area (Å²) in [6.45, 7) is 3.37. The summed E-state index contributed by atoms with van der Waals surface area (Å²) in [5.41, 5.74) is 0.121. The summed E-state index contributed by atoms with van der Waals surface area (Å²) in [6, 6.07) is 11.5. The molecule has 1 heterocycles. The molecular weight excluding hydrogens is 373 g/mol. The van der Waals surface area contributed by atoms with Crippen LogP contribution in [0.25, 0.3) is 0 Å². The van der Waals surface area contributed by atoms with Crippen LogP contribution >= 0.6 is 0 Å². The monoisotopic (exact) mass is 396 g/mol. The average molecular weight is 396 g/mol. The van der Waals surface area contributed by atoms with Gasteiger partial charge in [0, 0.05) is 38.4 Å². The molecule has 3 rings (SSSR count). The molecule has 2 aromatic carbocycles. The van der Waals surface area contributed by atoms with Crippen LogP contribution in [0, 0.1) is 0 Å². The molecule has 152 valence electrons. The minimum absolute atomic E-state index is 0.143. The van der Waals surface area contributed by atoms with E-state index in [0.29, 0.717) is 38.5 Å². The molecule has 1 saturated heterocycles. The molecule has 28 heavy (non-hydrogen) atoms. The Hall–Kier alpha value is -2.45. The van der Waals surface area contributed by atoms with Crippen molar-refractivity contribution < 1.29 is 28.1 Å². The minimum atomic E-state index is -4.32. The van der Waals surface area contributed by atoms with Crippen molar-refractivity contribution >= 4 is 5.69 Å². The third kappa shape index (κ3) is 5.53. The van der Waals surface area contributed by atoms with E-state index in [1.165, 1.54) is 24.3 Å². The zero-order valence-corrected chi connectivity index (χ0v) is 15.3. The van der Waals surface area contributed by atoms with Crippen molar-refractivity contribution in [3.05, 3.63) is 54.1 Å². The fraction of sp³-hybridized carbons (Fsp3) is 0.400. The van der Waals surface area contributed by atoms with Crippen molar-refractivity contribution in [3.63, 3.8) is 0 Å². The molecule has 2 aromatic rings. The third-order valence-electron chi connectivity index (χ3n) is 4.68. The van der Waals surface area contributed by atoms with E-state index in [1.807, 2.05) is 4.90 Å². The summed E-state index contributed by atoms with van der Waals surface area (Å²) < 4.78 is 43.5. The van der Waals surface area contributed by atoms with Crippen molar-refractivity contribution in [2.45, 2.75) is 12.3 Å². The lowest BCUT2D eigenvalue weighted by atomic mass is 10.1. The van der Waals surface area contributed by atoms with Gasteiger partial charge in [0.05, 0.1) is 5.56 Å². The number of hydrogen-bond acceptors (Lipinski definition) is 5. The number of anilines is 1. The van der Waals surface area contributed by atoms with Crippen LogP contribution in [-0.2, 0) is 6.18 Å². The van der Waals surface area contributed by atoms with Crippen LogP contribution in [0.3, 0.4) is 0 Å². The number of phenols is 1. The number of aliphatic hydroxyl groups is 1. The number of β-amino-alcohol motifs (C(OH)–C–C–N with tert-alkyl or cyclic N) is 1.